The van der Waals surface area contributed by atoms with Gasteiger partial charge in [0, 0.05) is 6.54 Å². The van der Waals surface area contributed by atoms with E-state index < -0.39 is 5.91 Å². The minimum Gasteiger partial charge on any atom is -0.492 e. The molecule has 2 N–H and O–H groups in total. The molecule has 2 aromatic rings. The predicted octanol–water partition coefficient (Wildman–Crippen LogP) is 2.65. The molecule has 0 aliphatic heterocycles. The smallest absolute Gasteiger partial charge is 0.274 e. The van der Waals surface area contributed by atoms with E-state index in [4.69, 9.17) is 4.74 Å². The molecule has 0 atom stereocenters. The van der Waals surface area contributed by atoms with Gasteiger partial charge in [-0.15, -0.1) is 6.58 Å². The summed E-state index contributed by atoms with van der Waals surface area (Å²) in [6.45, 7) is 6.22. The maximum absolute atomic E-state index is 12.4. The largest absolute Gasteiger partial charge is 0.492 e. The molecule has 0 radical (unpaired) electrons. The number of benzene rings is 1. The Labute approximate surface area is 140 Å². The van der Waals surface area contributed by atoms with Gasteiger partial charge in [0.1, 0.15) is 17.1 Å². The Morgan fingerprint density at radius 1 is 1.12 bits per heavy atom. The van der Waals surface area contributed by atoms with Crippen molar-refractivity contribution in [3.8, 4) is 5.75 Å². The van der Waals surface area contributed by atoms with Crippen molar-refractivity contribution in [1.82, 2.24) is 10.3 Å². The second kappa shape index (κ2) is 8.47. The summed E-state index contributed by atoms with van der Waals surface area (Å²) < 4.78 is 5.47. The van der Waals surface area contributed by atoms with Crippen LogP contribution in [-0.2, 0) is 0 Å². The van der Waals surface area contributed by atoms with Crippen LogP contribution in [0.5, 0.6) is 5.75 Å². The van der Waals surface area contributed by atoms with Crippen molar-refractivity contribution < 1.29 is 14.3 Å². The van der Waals surface area contributed by atoms with Crippen LogP contribution in [0.15, 0.2) is 55.1 Å². The molecule has 0 aliphatic rings. The minimum absolute atomic E-state index is 0.146. The topological polar surface area (TPSA) is 80.3 Å². The third-order valence-corrected chi connectivity index (χ3v) is 3.06. The van der Waals surface area contributed by atoms with Crippen LogP contribution in [0.3, 0.4) is 0 Å². The van der Waals surface area contributed by atoms with Crippen molar-refractivity contribution in [2.24, 2.45) is 0 Å². The van der Waals surface area contributed by atoms with E-state index in [1.165, 1.54) is 0 Å². The van der Waals surface area contributed by atoms with Crippen LogP contribution in [0.2, 0.25) is 0 Å². The van der Waals surface area contributed by atoms with Gasteiger partial charge in [0.25, 0.3) is 11.8 Å². The molecular weight excluding hydrogens is 306 g/mol. The molecule has 1 aromatic heterocycles. The lowest BCUT2D eigenvalue weighted by Crippen LogP contribution is -2.25. The second-order valence-electron chi connectivity index (χ2n) is 4.79. The first-order valence-electron chi connectivity index (χ1n) is 7.55. The Hall–Kier alpha value is -3.15. The first-order chi connectivity index (χ1) is 11.7. The van der Waals surface area contributed by atoms with Gasteiger partial charge in [0.05, 0.1) is 12.3 Å². The van der Waals surface area contributed by atoms with Crippen molar-refractivity contribution in [3.63, 3.8) is 0 Å². The molecule has 0 bridgehead atoms. The highest BCUT2D eigenvalue weighted by molar-refractivity contribution is 6.04. The van der Waals surface area contributed by atoms with E-state index in [2.05, 4.69) is 22.2 Å². The van der Waals surface area contributed by atoms with Crippen molar-refractivity contribution >= 4 is 17.5 Å². The van der Waals surface area contributed by atoms with E-state index in [0.29, 0.717) is 24.6 Å². The van der Waals surface area contributed by atoms with Gasteiger partial charge in [-0.1, -0.05) is 24.3 Å². The standard InChI is InChI=1S/C18H19N3O3/c1-3-12-19-17(22)14-9-7-10-15(20-14)18(23)21-13-8-5-6-11-16(13)24-4-2/h3,5-11H,1,4,12H2,2H3,(H,19,22)(H,21,23). The molecule has 2 amide bonds. The Kier molecular flexibility index (Phi) is 6.08. The van der Waals surface area contributed by atoms with E-state index in [1.54, 1.807) is 42.5 Å². The van der Waals surface area contributed by atoms with Gasteiger partial charge >= 0.3 is 0 Å². The van der Waals surface area contributed by atoms with E-state index in [-0.39, 0.29) is 17.3 Å². The van der Waals surface area contributed by atoms with E-state index in [9.17, 15) is 9.59 Å². The van der Waals surface area contributed by atoms with Crippen LogP contribution < -0.4 is 15.4 Å². The lowest BCUT2D eigenvalue weighted by molar-refractivity contribution is 0.0953. The Balaban J connectivity index is 2.16. The Morgan fingerprint density at radius 2 is 1.83 bits per heavy atom. The van der Waals surface area contributed by atoms with E-state index in [1.807, 2.05) is 13.0 Å². The number of aromatic nitrogens is 1. The number of ether oxygens (including phenoxy) is 1. The zero-order valence-electron chi connectivity index (χ0n) is 13.4. The molecular formula is C18H19N3O3. The third-order valence-electron chi connectivity index (χ3n) is 3.06. The molecule has 0 saturated heterocycles. The van der Waals surface area contributed by atoms with Gasteiger partial charge in [0.15, 0.2) is 0 Å². The number of amides is 2. The highest BCUT2D eigenvalue weighted by atomic mass is 16.5. The zero-order chi connectivity index (χ0) is 17.4. The Morgan fingerprint density at radius 3 is 2.54 bits per heavy atom. The number of pyridine rings is 1. The highest BCUT2D eigenvalue weighted by Crippen LogP contribution is 2.24. The summed E-state index contributed by atoms with van der Waals surface area (Å²) in [7, 11) is 0. The van der Waals surface area contributed by atoms with E-state index in [0.717, 1.165) is 0 Å². The molecule has 24 heavy (non-hydrogen) atoms. The van der Waals surface area contributed by atoms with Crippen molar-refractivity contribution in [2.45, 2.75) is 6.92 Å². The van der Waals surface area contributed by atoms with Crippen LogP contribution in [-0.4, -0.2) is 29.9 Å². The van der Waals surface area contributed by atoms with Gasteiger partial charge in [-0.05, 0) is 31.2 Å². The molecule has 0 aliphatic carbocycles. The molecule has 0 unspecified atom stereocenters. The zero-order valence-corrected chi connectivity index (χ0v) is 13.4. The average molecular weight is 325 g/mol. The number of carbonyl (C=O) groups excluding carboxylic acids is 2. The molecule has 124 valence electrons. The van der Waals surface area contributed by atoms with Gasteiger partial charge in [-0.25, -0.2) is 4.98 Å². The summed E-state index contributed by atoms with van der Waals surface area (Å²) in [6.07, 6.45) is 1.57. The summed E-state index contributed by atoms with van der Waals surface area (Å²) in [6, 6.07) is 11.8. The molecule has 2 rings (SSSR count). The third kappa shape index (κ3) is 4.42. The summed E-state index contributed by atoms with van der Waals surface area (Å²) in [5, 5.41) is 5.37. The highest BCUT2D eigenvalue weighted by Gasteiger charge is 2.13. The molecule has 0 saturated carbocycles. The van der Waals surface area contributed by atoms with Crippen molar-refractivity contribution in [3.05, 3.63) is 66.5 Å². The quantitative estimate of drug-likeness (QED) is 0.767. The number of anilines is 1. The number of nitrogens with one attached hydrogen (secondary N) is 2. The van der Waals surface area contributed by atoms with Crippen LogP contribution in [0.4, 0.5) is 5.69 Å². The molecule has 6 nitrogen and oxygen atoms in total. The summed E-state index contributed by atoms with van der Waals surface area (Å²) in [5.74, 6) is -0.201. The van der Waals surface area contributed by atoms with Crippen molar-refractivity contribution in [1.29, 1.82) is 0 Å². The number of carbonyl (C=O) groups is 2. The lowest BCUT2D eigenvalue weighted by atomic mass is 10.2. The summed E-state index contributed by atoms with van der Waals surface area (Å²) in [4.78, 5) is 28.4. The predicted molar refractivity (Wildman–Crippen MR) is 92.3 cm³/mol. The van der Waals surface area contributed by atoms with Gasteiger partial charge in [0.2, 0.25) is 0 Å². The molecule has 1 heterocycles. The van der Waals surface area contributed by atoms with Crippen LogP contribution >= 0.6 is 0 Å². The van der Waals surface area contributed by atoms with E-state index >= 15 is 0 Å². The Bertz CT molecular complexity index is 744. The average Bonchev–Trinajstić information content (AvgIpc) is 2.61. The molecule has 6 heteroatoms. The number of hydrogen-bond acceptors (Lipinski definition) is 4. The second-order valence-corrected chi connectivity index (χ2v) is 4.79. The number of hydrogen-bond donors (Lipinski definition) is 2. The monoisotopic (exact) mass is 325 g/mol. The molecule has 0 fully saturated rings. The van der Waals surface area contributed by atoms with Crippen LogP contribution in [0.25, 0.3) is 0 Å². The number of nitrogens with zero attached hydrogens (tertiary/aromatic N) is 1. The van der Waals surface area contributed by atoms with Crippen molar-refractivity contribution in [2.75, 3.05) is 18.5 Å². The minimum atomic E-state index is -0.416. The number of rotatable bonds is 7. The fourth-order valence-electron chi connectivity index (χ4n) is 1.98. The van der Waals surface area contributed by atoms with Gasteiger partial charge in [-0.3, -0.25) is 9.59 Å². The molecule has 1 aromatic carbocycles. The number of para-hydroxylation sites is 2. The first-order valence-corrected chi connectivity index (χ1v) is 7.55. The van der Waals surface area contributed by atoms with Gasteiger partial charge < -0.3 is 15.4 Å². The van der Waals surface area contributed by atoms with Crippen LogP contribution in [0, 0.1) is 0 Å². The maximum atomic E-state index is 12.4. The summed E-state index contributed by atoms with van der Waals surface area (Å²) in [5.41, 5.74) is 0.864. The van der Waals surface area contributed by atoms with Crippen LogP contribution in [0.1, 0.15) is 27.9 Å². The normalized spacial score (nSPS) is 9.88. The first kappa shape index (κ1) is 17.2. The molecule has 0 spiro atoms. The fraction of sp³-hybridized carbons (Fsp3) is 0.167. The fourth-order valence-corrected chi connectivity index (χ4v) is 1.98. The maximum Gasteiger partial charge on any atom is 0.274 e. The lowest BCUT2D eigenvalue weighted by Gasteiger charge is -2.11. The SMILES string of the molecule is C=CCNC(=O)c1cccc(C(=O)Nc2ccccc2OCC)n1. The summed E-state index contributed by atoms with van der Waals surface area (Å²) >= 11 is 0. The van der Waals surface area contributed by atoms with Gasteiger partial charge in [-0.2, -0.15) is 0 Å².